The summed E-state index contributed by atoms with van der Waals surface area (Å²) in [7, 11) is 2.99. The summed E-state index contributed by atoms with van der Waals surface area (Å²) in [6.45, 7) is 2.93. The molecule has 0 aromatic carbocycles. The molecule has 1 aliphatic heterocycles. The number of hydrogen-bond acceptors (Lipinski definition) is 7. The summed E-state index contributed by atoms with van der Waals surface area (Å²) in [5.74, 6) is -0.796. The van der Waals surface area contributed by atoms with Crippen molar-refractivity contribution < 1.29 is 33.3 Å². The summed E-state index contributed by atoms with van der Waals surface area (Å²) in [5.41, 5.74) is 0. The smallest absolute Gasteiger partial charge is 0.303 e. The molecule has 7 nitrogen and oxygen atoms in total. The van der Waals surface area contributed by atoms with Gasteiger partial charge in [-0.15, -0.1) is 0 Å². The number of methoxy groups -OCH3 is 2. The topological polar surface area (TPSA) is 80.3 Å². The summed E-state index contributed by atoms with van der Waals surface area (Å²) < 4.78 is 26.1. The predicted molar refractivity (Wildman–Crippen MR) is 63.5 cm³/mol. The van der Waals surface area contributed by atoms with Gasteiger partial charge in [0.1, 0.15) is 24.9 Å². The third-order valence-corrected chi connectivity index (χ3v) is 2.85. The number of esters is 2. The molecule has 0 aromatic heterocycles. The molecular formula is C12H20O7. The van der Waals surface area contributed by atoms with E-state index in [0.717, 1.165) is 0 Å². The van der Waals surface area contributed by atoms with Crippen molar-refractivity contribution in [2.45, 2.75) is 38.3 Å². The summed E-state index contributed by atoms with van der Waals surface area (Å²) in [5, 5.41) is 0. The minimum Gasteiger partial charge on any atom is -0.463 e. The first-order chi connectivity index (χ1) is 8.99. The third-order valence-electron chi connectivity index (χ3n) is 2.85. The second kappa shape index (κ2) is 7.42. The SMILES string of the molecule is CO[C@H]1[C@@H]([C@@H](COC(C)=O)OC)OC[C@@H]1OC(C)=O. The van der Waals surface area contributed by atoms with Gasteiger partial charge in [-0.2, -0.15) is 0 Å². The molecule has 110 valence electrons. The Labute approximate surface area is 112 Å². The van der Waals surface area contributed by atoms with E-state index in [1.54, 1.807) is 0 Å². The summed E-state index contributed by atoms with van der Waals surface area (Å²) >= 11 is 0. The van der Waals surface area contributed by atoms with E-state index in [0.29, 0.717) is 0 Å². The highest BCUT2D eigenvalue weighted by Crippen LogP contribution is 2.24. The van der Waals surface area contributed by atoms with Crippen molar-refractivity contribution >= 4 is 11.9 Å². The minimum absolute atomic E-state index is 0.0587. The molecule has 1 saturated heterocycles. The zero-order chi connectivity index (χ0) is 14.4. The van der Waals surface area contributed by atoms with E-state index in [1.807, 2.05) is 0 Å². The highest BCUT2D eigenvalue weighted by molar-refractivity contribution is 5.66. The molecule has 0 radical (unpaired) electrons. The van der Waals surface area contributed by atoms with Crippen LogP contribution in [0.15, 0.2) is 0 Å². The van der Waals surface area contributed by atoms with Crippen LogP contribution in [0, 0.1) is 0 Å². The lowest BCUT2D eigenvalue weighted by atomic mass is 10.1. The average Bonchev–Trinajstić information content (AvgIpc) is 2.71. The van der Waals surface area contributed by atoms with Gasteiger partial charge >= 0.3 is 11.9 Å². The zero-order valence-electron chi connectivity index (χ0n) is 11.6. The molecule has 0 amide bonds. The lowest BCUT2D eigenvalue weighted by Gasteiger charge is -2.26. The molecule has 1 rings (SSSR count). The van der Waals surface area contributed by atoms with E-state index in [4.69, 9.17) is 23.7 Å². The van der Waals surface area contributed by atoms with E-state index in [-0.39, 0.29) is 13.2 Å². The van der Waals surface area contributed by atoms with Gasteiger partial charge in [-0.3, -0.25) is 9.59 Å². The molecule has 0 bridgehead atoms. The van der Waals surface area contributed by atoms with Crippen molar-refractivity contribution in [2.75, 3.05) is 27.4 Å². The standard InChI is InChI=1S/C12H20O7/c1-7(13)17-5-9(15-3)12-11(16-4)10(6-18-12)19-8(2)14/h9-12H,5-6H2,1-4H3/t9-,10+,11-,12-/m1/s1. The molecule has 0 saturated carbocycles. The number of carbonyl (C=O) groups is 2. The van der Waals surface area contributed by atoms with Gasteiger partial charge in [0.05, 0.1) is 6.61 Å². The predicted octanol–water partition coefficient (Wildman–Crippen LogP) is -0.0900. The molecule has 1 heterocycles. The van der Waals surface area contributed by atoms with Crippen LogP contribution in [0.25, 0.3) is 0 Å². The van der Waals surface area contributed by atoms with Crippen molar-refractivity contribution in [2.24, 2.45) is 0 Å². The fourth-order valence-corrected chi connectivity index (χ4v) is 2.02. The first-order valence-electron chi connectivity index (χ1n) is 5.97. The Morgan fingerprint density at radius 1 is 1.26 bits per heavy atom. The Balaban J connectivity index is 2.64. The highest BCUT2D eigenvalue weighted by atomic mass is 16.6. The Kier molecular flexibility index (Phi) is 6.20. The van der Waals surface area contributed by atoms with Crippen molar-refractivity contribution in [3.63, 3.8) is 0 Å². The molecule has 1 aliphatic rings. The number of ether oxygens (including phenoxy) is 5. The van der Waals surface area contributed by atoms with Crippen molar-refractivity contribution in [1.29, 1.82) is 0 Å². The van der Waals surface area contributed by atoms with Crippen LogP contribution in [-0.4, -0.2) is 63.8 Å². The quantitative estimate of drug-likeness (QED) is 0.627. The Morgan fingerprint density at radius 3 is 2.42 bits per heavy atom. The maximum Gasteiger partial charge on any atom is 0.303 e. The largest absolute Gasteiger partial charge is 0.463 e. The average molecular weight is 276 g/mol. The van der Waals surface area contributed by atoms with Gasteiger partial charge in [-0.1, -0.05) is 0 Å². The molecule has 1 fully saturated rings. The van der Waals surface area contributed by atoms with E-state index < -0.39 is 36.4 Å². The van der Waals surface area contributed by atoms with Crippen molar-refractivity contribution in [1.82, 2.24) is 0 Å². The zero-order valence-corrected chi connectivity index (χ0v) is 11.6. The second-order valence-corrected chi connectivity index (χ2v) is 4.22. The highest BCUT2D eigenvalue weighted by Gasteiger charge is 2.44. The van der Waals surface area contributed by atoms with E-state index >= 15 is 0 Å². The number of hydrogen-bond donors (Lipinski definition) is 0. The van der Waals surface area contributed by atoms with Crippen LogP contribution in [0.4, 0.5) is 0 Å². The van der Waals surface area contributed by atoms with Crippen LogP contribution in [0.2, 0.25) is 0 Å². The van der Waals surface area contributed by atoms with Gasteiger partial charge in [-0.05, 0) is 0 Å². The molecule has 0 spiro atoms. The monoisotopic (exact) mass is 276 g/mol. The molecule has 7 heteroatoms. The van der Waals surface area contributed by atoms with Crippen LogP contribution in [0.1, 0.15) is 13.8 Å². The first-order valence-corrected chi connectivity index (χ1v) is 5.97. The van der Waals surface area contributed by atoms with Crippen LogP contribution in [0.3, 0.4) is 0 Å². The normalized spacial score (nSPS) is 27.9. The van der Waals surface area contributed by atoms with Crippen molar-refractivity contribution in [3.05, 3.63) is 0 Å². The van der Waals surface area contributed by atoms with Crippen LogP contribution in [0.5, 0.6) is 0 Å². The van der Waals surface area contributed by atoms with Gasteiger partial charge in [0.25, 0.3) is 0 Å². The van der Waals surface area contributed by atoms with Gasteiger partial charge in [0.2, 0.25) is 0 Å². The summed E-state index contributed by atoms with van der Waals surface area (Å²) in [6, 6.07) is 0. The van der Waals surface area contributed by atoms with Crippen LogP contribution >= 0.6 is 0 Å². The first kappa shape index (κ1) is 15.9. The summed E-state index contributed by atoms with van der Waals surface area (Å²) in [4.78, 5) is 21.8. The molecule has 4 atom stereocenters. The Hall–Kier alpha value is -1.18. The number of rotatable bonds is 6. The van der Waals surface area contributed by atoms with E-state index in [9.17, 15) is 9.59 Å². The van der Waals surface area contributed by atoms with Gasteiger partial charge in [0.15, 0.2) is 6.10 Å². The maximum atomic E-state index is 11.0. The molecule has 0 aromatic rings. The fourth-order valence-electron chi connectivity index (χ4n) is 2.02. The molecule has 0 aliphatic carbocycles. The van der Waals surface area contributed by atoms with Crippen LogP contribution in [-0.2, 0) is 33.3 Å². The van der Waals surface area contributed by atoms with Gasteiger partial charge in [-0.25, -0.2) is 0 Å². The lowest BCUT2D eigenvalue weighted by molar-refractivity contribution is -0.154. The van der Waals surface area contributed by atoms with E-state index in [2.05, 4.69) is 0 Å². The molecule has 0 N–H and O–H groups in total. The number of carbonyl (C=O) groups excluding carboxylic acids is 2. The Morgan fingerprint density at radius 2 is 1.95 bits per heavy atom. The lowest BCUT2D eigenvalue weighted by Crippen LogP contribution is -2.44. The molecule has 19 heavy (non-hydrogen) atoms. The van der Waals surface area contributed by atoms with Crippen molar-refractivity contribution in [3.8, 4) is 0 Å². The summed E-state index contributed by atoms with van der Waals surface area (Å²) in [6.07, 6.45) is -1.88. The molecular weight excluding hydrogens is 256 g/mol. The second-order valence-electron chi connectivity index (χ2n) is 4.22. The minimum atomic E-state index is -0.484. The van der Waals surface area contributed by atoms with E-state index in [1.165, 1.54) is 28.1 Å². The van der Waals surface area contributed by atoms with Gasteiger partial charge in [0, 0.05) is 28.1 Å². The Bertz CT molecular complexity index is 317. The third kappa shape index (κ3) is 4.45. The van der Waals surface area contributed by atoms with Crippen LogP contribution < -0.4 is 0 Å². The van der Waals surface area contributed by atoms with Gasteiger partial charge < -0.3 is 23.7 Å². The maximum absolute atomic E-state index is 11.0. The fraction of sp³-hybridized carbons (Fsp3) is 0.833. The molecule has 0 unspecified atom stereocenters.